The van der Waals surface area contributed by atoms with Gasteiger partial charge < -0.3 is 10.6 Å². The Balaban J connectivity index is 1.60. The van der Waals surface area contributed by atoms with Crippen molar-refractivity contribution in [1.82, 2.24) is 10.6 Å². The molecule has 1 heterocycles. The minimum absolute atomic E-state index is 0.0359. The number of nitrogens with one attached hydrogen (secondary N) is 2. The fraction of sp³-hybridized carbons (Fsp3) is 0.412. The van der Waals surface area contributed by atoms with E-state index in [0.717, 1.165) is 25.0 Å². The zero-order chi connectivity index (χ0) is 15.6. The van der Waals surface area contributed by atoms with Crippen LogP contribution in [-0.4, -0.2) is 18.4 Å². The van der Waals surface area contributed by atoms with Gasteiger partial charge in [0, 0.05) is 24.1 Å². The molecule has 0 saturated carbocycles. The van der Waals surface area contributed by atoms with E-state index in [1.807, 2.05) is 6.08 Å². The second-order valence-electron chi connectivity index (χ2n) is 6.03. The van der Waals surface area contributed by atoms with Crippen LogP contribution in [0.15, 0.2) is 36.0 Å². The van der Waals surface area contributed by atoms with E-state index in [4.69, 9.17) is 0 Å². The highest BCUT2D eigenvalue weighted by Crippen LogP contribution is 2.43. The molecule has 2 amide bonds. The number of allylic oxidation sites excluding steroid dienone is 1. The van der Waals surface area contributed by atoms with Gasteiger partial charge in [-0.3, -0.25) is 9.59 Å². The third kappa shape index (κ3) is 2.89. The Hall–Kier alpha value is -2.17. The summed E-state index contributed by atoms with van der Waals surface area (Å²) < 4.78 is 13.6. The fourth-order valence-electron chi connectivity index (χ4n) is 3.27. The molecule has 3 rings (SSSR count). The first kappa shape index (κ1) is 14.8. The van der Waals surface area contributed by atoms with Gasteiger partial charge in [0.25, 0.3) is 0 Å². The van der Waals surface area contributed by atoms with Crippen molar-refractivity contribution in [3.05, 3.63) is 47.4 Å². The SMILES string of the molecule is O=C(Cc1ccccc1F)NCC12CCC=C1NC(=O)CC2. The van der Waals surface area contributed by atoms with Crippen molar-refractivity contribution in [2.45, 2.75) is 32.1 Å². The van der Waals surface area contributed by atoms with E-state index in [1.54, 1.807) is 18.2 Å². The first-order valence-electron chi connectivity index (χ1n) is 7.60. The highest BCUT2D eigenvalue weighted by molar-refractivity contribution is 5.80. The largest absolute Gasteiger partial charge is 0.355 e. The Morgan fingerprint density at radius 3 is 2.95 bits per heavy atom. The lowest BCUT2D eigenvalue weighted by atomic mass is 9.77. The quantitative estimate of drug-likeness (QED) is 0.894. The predicted octanol–water partition coefficient (Wildman–Crippen LogP) is 2.06. The van der Waals surface area contributed by atoms with Crippen molar-refractivity contribution in [2.24, 2.45) is 5.41 Å². The Morgan fingerprint density at radius 1 is 1.32 bits per heavy atom. The number of benzene rings is 1. The Kier molecular flexibility index (Phi) is 3.96. The van der Waals surface area contributed by atoms with Crippen molar-refractivity contribution in [2.75, 3.05) is 6.54 Å². The number of halogens is 1. The zero-order valence-electron chi connectivity index (χ0n) is 12.3. The minimum atomic E-state index is -0.359. The summed E-state index contributed by atoms with van der Waals surface area (Å²) in [4.78, 5) is 23.6. The third-order valence-electron chi connectivity index (χ3n) is 4.58. The normalized spacial score (nSPS) is 23.5. The van der Waals surface area contributed by atoms with E-state index in [0.29, 0.717) is 18.5 Å². The molecule has 22 heavy (non-hydrogen) atoms. The molecular formula is C17H19FN2O2. The van der Waals surface area contributed by atoms with Crippen LogP contribution in [0.3, 0.4) is 0 Å². The van der Waals surface area contributed by atoms with Crippen LogP contribution in [0.4, 0.5) is 4.39 Å². The molecule has 1 aromatic carbocycles. The van der Waals surface area contributed by atoms with Crippen molar-refractivity contribution in [3.63, 3.8) is 0 Å². The molecule has 1 fully saturated rings. The number of hydrogen-bond donors (Lipinski definition) is 2. The Labute approximate surface area is 128 Å². The van der Waals surface area contributed by atoms with Crippen LogP contribution in [0.25, 0.3) is 0 Å². The van der Waals surface area contributed by atoms with Gasteiger partial charge >= 0.3 is 0 Å². The topological polar surface area (TPSA) is 58.2 Å². The molecule has 4 nitrogen and oxygen atoms in total. The zero-order valence-corrected chi connectivity index (χ0v) is 12.3. The summed E-state index contributed by atoms with van der Waals surface area (Å²) in [5, 5.41) is 5.82. The van der Waals surface area contributed by atoms with Crippen LogP contribution in [-0.2, 0) is 16.0 Å². The van der Waals surface area contributed by atoms with Gasteiger partial charge in [-0.25, -0.2) is 4.39 Å². The second-order valence-corrected chi connectivity index (χ2v) is 6.03. The summed E-state index contributed by atoms with van der Waals surface area (Å²) >= 11 is 0. The molecule has 0 radical (unpaired) electrons. The summed E-state index contributed by atoms with van der Waals surface area (Å²) in [5.41, 5.74) is 1.19. The minimum Gasteiger partial charge on any atom is -0.355 e. The number of piperidine rings is 1. The molecule has 5 heteroatoms. The summed E-state index contributed by atoms with van der Waals surface area (Å²) in [5.74, 6) is -0.508. The molecule has 0 aromatic heterocycles. The number of fused-ring (bicyclic) bond motifs is 1. The number of carbonyl (C=O) groups excluding carboxylic acids is 2. The van der Waals surface area contributed by atoms with Crippen LogP contribution in [0.2, 0.25) is 0 Å². The van der Waals surface area contributed by atoms with Crippen LogP contribution in [0, 0.1) is 11.2 Å². The predicted molar refractivity (Wildman–Crippen MR) is 80.2 cm³/mol. The third-order valence-corrected chi connectivity index (χ3v) is 4.58. The molecule has 1 aliphatic carbocycles. The maximum atomic E-state index is 13.6. The molecular weight excluding hydrogens is 283 g/mol. The van der Waals surface area contributed by atoms with Gasteiger partial charge in [-0.05, 0) is 30.9 Å². The highest BCUT2D eigenvalue weighted by atomic mass is 19.1. The van der Waals surface area contributed by atoms with Gasteiger partial charge in [-0.2, -0.15) is 0 Å². The van der Waals surface area contributed by atoms with E-state index in [9.17, 15) is 14.0 Å². The molecule has 1 saturated heterocycles. The van der Waals surface area contributed by atoms with Gasteiger partial charge in [-0.15, -0.1) is 0 Å². The lowest BCUT2D eigenvalue weighted by Crippen LogP contribution is -2.46. The van der Waals surface area contributed by atoms with Gasteiger partial charge in [0.05, 0.1) is 6.42 Å². The first-order valence-corrected chi connectivity index (χ1v) is 7.60. The molecule has 1 aliphatic heterocycles. The molecule has 1 atom stereocenters. The summed E-state index contributed by atoms with van der Waals surface area (Å²) in [6.07, 6.45) is 5.17. The van der Waals surface area contributed by atoms with Crippen LogP contribution < -0.4 is 10.6 Å². The monoisotopic (exact) mass is 302 g/mol. The second kappa shape index (κ2) is 5.91. The van der Waals surface area contributed by atoms with Gasteiger partial charge in [-0.1, -0.05) is 24.3 Å². The fourth-order valence-corrected chi connectivity index (χ4v) is 3.27. The van der Waals surface area contributed by atoms with Crippen molar-refractivity contribution in [3.8, 4) is 0 Å². The van der Waals surface area contributed by atoms with Crippen molar-refractivity contribution in [1.29, 1.82) is 0 Å². The Bertz CT molecular complexity index is 641. The number of carbonyl (C=O) groups is 2. The van der Waals surface area contributed by atoms with Crippen LogP contribution in [0.5, 0.6) is 0 Å². The summed E-state index contributed by atoms with van der Waals surface area (Å²) in [6.45, 7) is 0.492. The Morgan fingerprint density at radius 2 is 2.14 bits per heavy atom. The van der Waals surface area contributed by atoms with Crippen molar-refractivity contribution < 1.29 is 14.0 Å². The lowest BCUT2D eigenvalue weighted by molar-refractivity contribution is -0.122. The van der Waals surface area contributed by atoms with Crippen molar-refractivity contribution >= 4 is 11.8 Å². The molecule has 1 unspecified atom stereocenters. The van der Waals surface area contributed by atoms with E-state index in [1.165, 1.54) is 6.07 Å². The average Bonchev–Trinajstić information content (AvgIpc) is 2.91. The smallest absolute Gasteiger partial charge is 0.224 e. The molecule has 2 aliphatic rings. The summed E-state index contributed by atoms with van der Waals surface area (Å²) in [7, 11) is 0. The average molecular weight is 302 g/mol. The van der Waals surface area contributed by atoms with E-state index >= 15 is 0 Å². The van der Waals surface area contributed by atoms with Gasteiger partial charge in [0.2, 0.25) is 11.8 Å². The summed E-state index contributed by atoms with van der Waals surface area (Å²) in [6, 6.07) is 6.31. The molecule has 0 bridgehead atoms. The van der Waals surface area contributed by atoms with Gasteiger partial charge in [0.1, 0.15) is 5.82 Å². The first-order chi connectivity index (χ1) is 10.6. The highest BCUT2D eigenvalue weighted by Gasteiger charge is 2.41. The van der Waals surface area contributed by atoms with E-state index in [-0.39, 0.29) is 29.5 Å². The maximum absolute atomic E-state index is 13.6. The number of rotatable bonds is 4. The van der Waals surface area contributed by atoms with Crippen LogP contribution >= 0.6 is 0 Å². The van der Waals surface area contributed by atoms with Gasteiger partial charge in [0.15, 0.2) is 0 Å². The standard InChI is InChI=1S/C17H19FN2O2/c18-13-5-2-1-4-12(13)10-16(22)19-11-17-8-3-6-14(17)20-15(21)7-9-17/h1-2,4-6H,3,7-11H2,(H,19,22)(H,20,21). The van der Waals surface area contributed by atoms with E-state index < -0.39 is 0 Å². The molecule has 1 aromatic rings. The number of amides is 2. The number of hydrogen-bond acceptors (Lipinski definition) is 2. The van der Waals surface area contributed by atoms with Crippen LogP contribution in [0.1, 0.15) is 31.2 Å². The molecule has 2 N–H and O–H groups in total. The molecule has 116 valence electrons. The molecule has 0 spiro atoms. The van der Waals surface area contributed by atoms with E-state index in [2.05, 4.69) is 10.6 Å². The maximum Gasteiger partial charge on any atom is 0.224 e. The lowest BCUT2D eigenvalue weighted by Gasteiger charge is -2.36.